The van der Waals surface area contributed by atoms with Crippen LogP contribution < -0.4 is 4.80 Å². The number of rotatable bonds is 3. The predicted octanol–water partition coefficient (Wildman–Crippen LogP) is 2.23. The van der Waals surface area contributed by atoms with Gasteiger partial charge in [-0.2, -0.15) is 0 Å². The highest BCUT2D eigenvalue weighted by atomic mass is 32.1. The number of hydrogen-bond donors (Lipinski definition) is 1. The lowest BCUT2D eigenvalue weighted by molar-refractivity contribution is 0.0821. The second kappa shape index (κ2) is 4.33. The fourth-order valence-corrected chi connectivity index (χ4v) is 2.27. The van der Waals surface area contributed by atoms with E-state index in [0.29, 0.717) is 0 Å². The summed E-state index contributed by atoms with van der Waals surface area (Å²) in [5.74, 6) is 0. The monoisotopic (exact) mass is 226 g/mol. The molecule has 0 spiro atoms. The van der Waals surface area contributed by atoms with Crippen LogP contribution in [0.3, 0.4) is 0 Å². The Labute approximate surface area is 94.4 Å². The summed E-state index contributed by atoms with van der Waals surface area (Å²) in [6.07, 6.45) is 1.95. The van der Waals surface area contributed by atoms with E-state index in [9.17, 15) is 5.11 Å². The van der Waals surface area contributed by atoms with Gasteiger partial charge >= 0.3 is 0 Å². The second-order valence-electron chi connectivity index (χ2n) is 4.07. The van der Waals surface area contributed by atoms with E-state index < -0.39 is 5.60 Å². The Hall–Kier alpha value is -0.870. The van der Waals surface area contributed by atoms with Gasteiger partial charge in [0.15, 0.2) is 4.80 Å². The van der Waals surface area contributed by atoms with Crippen LogP contribution in [0.15, 0.2) is 23.5 Å². The highest BCUT2D eigenvalue weighted by molar-refractivity contribution is 7.09. The molecular formula is C11H18N2OS. The van der Waals surface area contributed by atoms with E-state index >= 15 is 0 Å². The van der Waals surface area contributed by atoms with E-state index in [1.165, 1.54) is 11.3 Å². The molecule has 4 heteroatoms. The van der Waals surface area contributed by atoms with Gasteiger partial charge in [-0.15, -0.1) is 0 Å². The van der Waals surface area contributed by atoms with Gasteiger partial charge < -0.3 is 9.67 Å². The van der Waals surface area contributed by atoms with Gasteiger partial charge in [0, 0.05) is 18.4 Å². The van der Waals surface area contributed by atoms with E-state index in [1.54, 1.807) is 13.8 Å². The molecule has 0 atom stereocenters. The van der Waals surface area contributed by atoms with Gasteiger partial charge in [-0.05, 0) is 27.7 Å². The molecule has 0 aliphatic rings. The quantitative estimate of drug-likeness (QED) is 0.843. The van der Waals surface area contributed by atoms with E-state index in [2.05, 4.69) is 18.5 Å². The molecule has 1 N–H and O–H groups in total. The molecule has 0 radical (unpaired) electrons. The molecule has 15 heavy (non-hydrogen) atoms. The zero-order chi connectivity index (χ0) is 11.6. The zero-order valence-electron chi connectivity index (χ0n) is 9.74. The molecule has 1 heterocycles. The normalized spacial score (nSPS) is 13.3. The lowest BCUT2D eigenvalue weighted by Crippen LogP contribution is -2.13. The number of aryl methyl sites for hydroxylation is 1. The van der Waals surface area contributed by atoms with Crippen LogP contribution in [0.4, 0.5) is 0 Å². The van der Waals surface area contributed by atoms with Crippen LogP contribution in [0.1, 0.15) is 32.6 Å². The highest BCUT2D eigenvalue weighted by Gasteiger charge is 2.19. The van der Waals surface area contributed by atoms with Gasteiger partial charge in [0.05, 0.1) is 10.5 Å². The number of nitrogens with zero attached hydrogens (tertiary/aromatic N) is 2. The summed E-state index contributed by atoms with van der Waals surface area (Å²) in [5.41, 5.74) is -0.0221. The van der Waals surface area contributed by atoms with Gasteiger partial charge in [0.25, 0.3) is 0 Å². The van der Waals surface area contributed by atoms with Crippen LogP contribution in [-0.4, -0.2) is 9.67 Å². The van der Waals surface area contributed by atoms with E-state index in [4.69, 9.17) is 0 Å². The molecule has 0 saturated heterocycles. The Morgan fingerprint density at radius 2 is 2.27 bits per heavy atom. The summed E-state index contributed by atoms with van der Waals surface area (Å²) in [5, 5.41) is 9.89. The predicted molar refractivity (Wildman–Crippen MR) is 63.6 cm³/mol. The molecule has 0 unspecified atom stereocenters. The minimum absolute atomic E-state index is 0.779. The Morgan fingerprint density at radius 1 is 1.67 bits per heavy atom. The Morgan fingerprint density at radius 3 is 2.67 bits per heavy atom. The maximum Gasteiger partial charge on any atom is 0.189 e. The van der Waals surface area contributed by atoms with Crippen molar-refractivity contribution < 1.29 is 5.11 Å². The van der Waals surface area contributed by atoms with Crippen molar-refractivity contribution in [2.75, 3.05) is 0 Å². The maximum atomic E-state index is 9.89. The number of thiazole rings is 1. The molecule has 0 aromatic carbocycles. The van der Waals surface area contributed by atoms with Crippen molar-refractivity contribution in [3.05, 3.63) is 28.2 Å². The van der Waals surface area contributed by atoms with Crippen molar-refractivity contribution in [3.63, 3.8) is 0 Å². The summed E-state index contributed by atoms with van der Waals surface area (Å²) < 4.78 is 2.02. The fourth-order valence-electron chi connectivity index (χ4n) is 1.14. The first kappa shape index (κ1) is 12.2. The van der Waals surface area contributed by atoms with Gasteiger partial charge in [-0.1, -0.05) is 17.9 Å². The average molecular weight is 226 g/mol. The first-order valence-electron chi connectivity index (χ1n) is 4.98. The topological polar surface area (TPSA) is 37.5 Å². The first-order chi connectivity index (χ1) is 6.84. The lowest BCUT2D eigenvalue weighted by Gasteiger charge is -2.13. The third kappa shape index (κ3) is 3.04. The molecule has 1 aromatic rings. The number of aliphatic hydroxyl groups is 1. The van der Waals surface area contributed by atoms with E-state index in [0.717, 1.165) is 21.9 Å². The molecular weight excluding hydrogens is 208 g/mol. The molecule has 0 bridgehead atoms. The van der Waals surface area contributed by atoms with Crippen molar-refractivity contribution >= 4 is 11.3 Å². The number of aromatic nitrogens is 1. The summed E-state index contributed by atoms with van der Waals surface area (Å²) in [6, 6.07) is 0. The highest BCUT2D eigenvalue weighted by Crippen LogP contribution is 2.21. The molecule has 3 nitrogen and oxygen atoms in total. The van der Waals surface area contributed by atoms with Gasteiger partial charge in [-0.25, -0.2) is 4.99 Å². The third-order valence-electron chi connectivity index (χ3n) is 1.95. The Balaban J connectivity index is 3.30. The van der Waals surface area contributed by atoms with Crippen LogP contribution in [0.2, 0.25) is 0 Å². The summed E-state index contributed by atoms with van der Waals surface area (Å²) in [7, 11) is 0. The van der Waals surface area contributed by atoms with Gasteiger partial charge in [0.1, 0.15) is 0 Å². The number of hydrogen-bond acceptors (Lipinski definition) is 3. The number of allylic oxidation sites excluding steroid dienone is 1. The van der Waals surface area contributed by atoms with E-state index in [-0.39, 0.29) is 0 Å². The van der Waals surface area contributed by atoms with E-state index in [1.807, 2.05) is 17.7 Å². The lowest BCUT2D eigenvalue weighted by atomic mass is 10.1. The largest absolute Gasteiger partial charge is 0.385 e. The minimum Gasteiger partial charge on any atom is -0.385 e. The molecule has 0 fully saturated rings. The average Bonchev–Trinajstić information content (AvgIpc) is 2.45. The van der Waals surface area contributed by atoms with Crippen molar-refractivity contribution in [2.45, 2.75) is 39.8 Å². The SMILES string of the molecule is C=C(C)N=c1sc(C(C)(C)O)cn1CC. The van der Waals surface area contributed by atoms with Crippen molar-refractivity contribution in [2.24, 2.45) is 4.99 Å². The standard InChI is InChI=1S/C11H18N2OS/c1-6-13-7-9(11(4,5)14)15-10(13)12-8(2)3/h7,14H,2,6H2,1,3-5H3. The van der Waals surface area contributed by atoms with Crippen molar-refractivity contribution in [1.82, 2.24) is 4.57 Å². The summed E-state index contributed by atoms with van der Waals surface area (Å²) in [6.45, 7) is 12.1. The van der Waals surface area contributed by atoms with Crippen LogP contribution in [-0.2, 0) is 12.1 Å². The fraction of sp³-hybridized carbons (Fsp3) is 0.545. The first-order valence-corrected chi connectivity index (χ1v) is 5.79. The molecule has 0 saturated carbocycles. The molecule has 1 rings (SSSR count). The van der Waals surface area contributed by atoms with Gasteiger partial charge in [-0.3, -0.25) is 0 Å². The smallest absolute Gasteiger partial charge is 0.189 e. The molecule has 1 aromatic heterocycles. The zero-order valence-corrected chi connectivity index (χ0v) is 10.6. The van der Waals surface area contributed by atoms with Crippen molar-refractivity contribution in [1.29, 1.82) is 0 Å². The molecule has 84 valence electrons. The Kier molecular flexibility index (Phi) is 3.52. The molecule has 0 amide bonds. The minimum atomic E-state index is -0.801. The second-order valence-corrected chi connectivity index (χ2v) is 5.08. The third-order valence-corrected chi connectivity index (χ3v) is 3.28. The molecule has 0 aliphatic heterocycles. The summed E-state index contributed by atoms with van der Waals surface area (Å²) in [4.78, 5) is 6.15. The molecule has 0 aliphatic carbocycles. The van der Waals surface area contributed by atoms with Crippen LogP contribution >= 0.6 is 11.3 Å². The van der Waals surface area contributed by atoms with Crippen LogP contribution in [0.5, 0.6) is 0 Å². The van der Waals surface area contributed by atoms with Crippen LogP contribution in [0.25, 0.3) is 0 Å². The van der Waals surface area contributed by atoms with Gasteiger partial charge in [0.2, 0.25) is 0 Å². The van der Waals surface area contributed by atoms with Crippen molar-refractivity contribution in [3.8, 4) is 0 Å². The Bertz CT molecular complexity index is 421. The summed E-state index contributed by atoms with van der Waals surface area (Å²) >= 11 is 1.50. The maximum absolute atomic E-state index is 9.89. The van der Waals surface area contributed by atoms with Crippen LogP contribution in [0, 0.1) is 0 Å².